The highest BCUT2D eigenvalue weighted by Crippen LogP contribution is 2.23. The summed E-state index contributed by atoms with van der Waals surface area (Å²) in [7, 11) is 0. The number of benzene rings is 1. The average molecular weight is 386 g/mol. The molecule has 0 aliphatic carbocycles. The first-order chi connectivity index (χ1) is 12.7. The highest BCUT2D eigenvalue weighted by atomic mass is 32.1. The molecule has 0 saturated carbocycles. The molecule has 3 aromatic rings. The van der Waals surface area contributed by atoms with Gasteiger partial charge in [0.1, 0.15) is 9.88 Å². The smallest absolute Gasteiger partial charge is 0.267 e. The summed E-state index contributed by atoms with van der Waals surface area (Å²) in [5.74, 6) is 0.0535. The molecule has 1 aliphatic heterocycles. The molecule has 26 heavy (non-hydrogen) atoms. The first-order valence-electron chi connectivity index (χ1n) is 8.51. The monoisotopic (exact) mass is 385 g/mol. The second-order valence-electron chi connectivity index (χ2n) is 6.25. The molecule has 3 heterocycles. The van der Waals surface area contributed by atoms with Gasteiger partial charge in [-0.25, -0.2) is 4.98 Å². The lowest BCUT2D eigenvalue weighted by atomic mass is 10.2. The number of hydrogen-bond acceptors (Lipinski definition) is 7. The number of rotatable bonds is 4. The summed E-state index contributed by atoms with van der Waals surface area (Å²) in [5, 5.41) is 7.17. The quantitative estimate of drug-likeness (QED) is 0.691. The van der Waals surface area contributed by atoms with Crippen LogP contribution in [-0.2, 0) is 6.54 Å². The molecule has 0 unspecified atom stereocenters. The standard InChI is InChI=1S/C18H19N5OS2/c1-13-17(26-21-20-13)18(24)23-9-7-22(8-10-23)11-16-19-15(12-25-16)14-5-3-2-4-6-14/h2-6,12H,7-11H2,1H3. The molecule has 1 aliphatic rings. The molecule has 0 radical (unpaired) electrons. The molecule has 134 valence electrons. The van der Waals surface area contributed by atoms with E-state index in [1.165, 1.54) is 11.5 Å². The minimum absolute atomic E-state index is 0.0535. The Hall–Kier alpha value is -2.16. The van der Waals surface area contributed by atoms with E-state index in [2.05, 4.69) is 32.0 Å². The van der Waals surface area contributed by atoms with Crippen LogP contribution in [0.4, 0.5) is 0 Å². The molecule has 2 aromatic heterocycles. The molecule has 0 N–H and O–H groups in total. The first kappa shape index (κ1) is 17.3. The molecule has 8 heteroatoms. The van der Waals surface area contributed by atoms with Crippen LogP contribution in [0.25, 0.3) is 11.3 Å². The zero-order valence-corrected chi connectivity index (χ0v) is 16.1. The maximum atomic E-state index is 12.5. The molecule has 1 amide bonds. The number of carbonyl (C=O) groups is 1. The van der Waals surface area contributed by atoms with Crippen molar-refractivity contribution in [3.8, 4) is 11.3 Å². The van der Waals surface area contributed by atoms with Crippen molar-refractivity contribution < 1.29 is 4.79 Å². The van der Waals surface area contributed by atoms with Crippen LogP contribution in [0.1, 0.15) is 20.4 Å². The lowest BCUT2D eigenvalue weighted by Gasteiger charge is -2.34. The Morgan fingerprint density at radius 3 is 2.62 bits per heavy atom. The van der Waals surface area contributed by atoms with Gasteiger partial charge in [-0.15, -0.1) is 16.4 Å². The fourth-order valence-corrected chi connectivity index (χ4v) is 4.47. The van der Waals surface area contributed by atoms with E-state index in [1.54, 1.807) is 11.3 Å². The molecule has 0 spiro atoms. The number of piperazine rings is 1. The molecule has 1 aromatic carbocycles. The summed E-state index contributed by atoms with van der Waals surface area (Å²) < 4.78 is 3.86. The minimum Gasteiger partial charge on any atom is -0.335 e. The van der Waals surface area contributed by atoms with Crippen LogP contribution in [0.15, 0.2) is 35.7 Å². The first-order valence-corrected chi connectivity index (χ1v) is 10.2. The molecule has 1 fully saturated rings. The summed E-state index contributed by atoms with van der Waals surface area (Å²) in [6.45, 7) is 5.84. The third-order valence-electron chi connectivity index (χ3n) is 4.49. The Kier molecular flexibility index (Phi) is 5.05. The van der Waals surface area contributed by atoms with E-state index in [0.717, 1.165) is 54.7 Å². The molecule has 6 nitrogen and oxygen atoms in total. The molecular formula is C18H19N5OS2. The summed E-state index contributed by atoms with van der Waals surface area (Å²) in [6.07, 6.45) is 0. The Balaban J connectivity index is 1.34. The topological polar surface area (TPSA) is 62.2 Å². The van der Waals surface area contributed by atoms with Crippen LogP contribution in [0.2, 0.25) is 0 Å². The van der Waals surface area contributed by atoms with Crippen LogP contribution < -0.4 is 0 Å². The van der Waals surface area contributed by atoms with Crippen LogP contribution >= 0.6 is 22.9 Å². The Labute approximate surface area is 160 Å². The molecule has 1 saturated heterocycles. The van der Waals surface area contributed by atoms with E-state index in [1.807, 2.05) is 30.0 Å². The Bertz CT molecular complexity index is 884. The van der Waals surface area contributed by atoms with E-state index >= 15 is 0 Å². The predicted molar refractivity (Wildman–Crippen MR) is 103 cm³/mol. The predicted octanol–water partition coefficient (Wildman–Crippen LogP) is 2.93. The van der Waals surface area contributed by atoms with Gasteiger partial charge in [-0.1, -0.05) is 34.8 Å². The van der Waals surface area contributed by atoms with Gasteiger partial charge in [0.2, 0.25) is 0 Å². The summed E-state index contributed by atoms with van der Waals surface area (Å²) in [5.41, 5.74) is 2.91. The highest BCUT2D eigenvalue weighted by Gasteiger charge is 2.25. The SMILES string of the molecule is Cc1nnsc1C(=O)N1CCN(Cc2nc(-c3ccccc3)cs2)CC1. The Morgan fingerprint density at radius 2 is 1.92 bits per heavy atom. The van der Waals surface area contributed by atoms with Crippen molar-refractivity contribution in [2.75, 3.05) is 26.2 Å². The van der Waals surface area contributed by atoms with Crippen LogP contribution in [0.3, 0.4) is 0 Å². The van der Waals surface area contributed by atoms with Crippen LogP contribution in [-0.4, -0.2) is 56.5 Å². The van der Waals surface area contributed by atoms with E-state index in [-0.39, 0.29) is 5.91 Å². The fourth-order valence-electron chi connectivity index (χ4n) is 3.00. The van der Waals surface area contributed by atoms with Gasteiger partial charge in [0, 0.05) is 37.1 Å². The number of thiazole rings is 1. The molecule has 4 rings (SSSR count). The van der Waals surface area contributed by atoms with E-state index < -0.39 is 0 Å². The lowest BCUT2D eigenvalue weighted by Crippen LogP contribution is -2.48. The van der Waals surface area contributed by atoms with Crippen molar-refractivity contribution in [1.82, 2.24) is 24.4 Å². The molecular weight excluding hydrogens is 366 g/mol. The van der Waals surface area contributed by atoms with Crippen molar-refractivity contribution in [3.05, 3.63) is 51.3 Å². The number of aryl methyl sites for hydroxylation is 1. The second kappa shape index (κ2) is 7.61. The molecule has 0 bridgehead atoms. The number of nitrogens with zero attached hydrogens (tertiary/aromatic N) is 5. The number of aromatic nitrogens is 3. The lowest BCUT2D eigenvalue weighted by molar-refractivity contribution is 0.0632. The maximum absolute atomic E-state index is 12.5. The van der Waals surface area contributed by atoms with Gasteiger partial charge in [-0.05, 0) is 18.5 Å². The van der Waals surface area contributed by atoms with E-state index in [4.69, 9.17) is 4.98 Å². The minimum atomic E-state index is 0.0535. The molecule has 0 atom stereocenters. The third kappa shape index (κ3) is 3.67. The highest BCUT2D eigenvalue weighted by molar-refractivity contribution is 7.10. The van der Waals surface area contributed by atoms with Crippen LogP contribution in [0.5, 0.6) is 0 Å². The van der Waals surface area contributed by atoms with Gasteiger partial charge in [-0.3, -0.25) is 9.69 Å². The van der Waals surface area contributed by atoms with Crippen molar-refractivity contribution in [2.24, 2.45) is 0 Å². The van der Waals surface area contributed by atoms with Gasteiger partial charge in [0.05, 0.1) is 17.9 Å². The number of amides is 1. The zero-order chi connectivity index (χ0) is 17.9. The van der Waals surface area contributed by atoms with E-state index in [0.29, 0.717) is 4.88 Å². The maximum Gasteiger partial charge on any atom is 0.267 e. The summed E-state index contributed by atoms with van der Waals surface area (Å²) >= 11 is 2.88. The average Bonchev–Trinajstić information content (AvgIpc) is 3.32. The van der Waals surface area contributed by atoms with Gasteiger partial charge in [0.15, 0.2) is 0 Å². The number of hydrogen-bond donors (Lipinski definition) is 0. The summed E-state index contributed by atoms with van der Waals surface area (Å²) in [6, 6.07) is 10.2. The summed E-state index contributed by atoms with van der Waals surface area (Å²) in [4.78, 5) is 22.2. The van der Waals surface area contributed by atoms with Crippen molar-refractivity contribution >= 4 is 28.8 Å². The van der Waals surface area contributed by atoms with Gasteiger partial charge in [0.25, 0.3) is 5.91 Å². The van der Waals surface area contributed by atoms with Crippen molar-refractivity contribution in [2.45, 2.75) is 13.5 Å². The van der Waals surface area contributed by atoms with Gasteiger partial charge < -0.3 is 4.90 Å². The van der Waals surface area contributed by atoms with E-state index in [9.17, 15) is 4.79 Å². The normalized spacial score (nSPS) is 15.3. The zero-order valence-electron chi connectivity index (χ0n) is 14.5. The second-order valence-corrected chi connectivity index (χ2v) is 7.95. The number of carbonyl (C=O) groups excluding carboxylic acids is 1. The van der Waals surface area contributed by atoms with Gasteiger partial charge >= 0.3 is 0 Å². The third-order valence-corrected chi connectivity index (χ3v) is 6.13. The Morgan fingerprint density at radius 1 is 1.15 bits per heavy atom. The van der Waals surface area contributed by atoms with Gasteiger partial charge in [-0.2, -0.15) is 0 Å². The fraction of sp³-hybridized carbons (Fsp3) is 0.333. The van der Waals surface area contributed by atoms with Crippen molar-refractivity contribution in [3.63, 3.8) is 0 Å². The van der Waals surface area contributed by atoms with Crippen LogP contribution in [0, 0.1) is 6.92 Å². The van der Waals surface area contributed by atoms with Crippen molar-refractivity contribution in [1.29, 1.82) is 0 Å². The largest absolute Gasteiger partial charge is 0.335 e.